The largest absolute Gasteiger partial charge is 0.378 e. The van der Waals surface area contributed by atoms with E-state index in [0.29, 0.717) is 22.5 Å². The number of rotatable bonds is 1. The van der Waals surface area contributed by atoms with Gasteiger partial charge in [0.2, 0.25) is 0 Å². The lowest BCUT2D eigenvalue weighted by Gasteiger charge is -2.61. The molecule has 0 aliphatic heterocycles. The molecule has 0 unspecified atom stereocenters. The first kappa shape index (κ1) is 16.1. The van der Waals surface area contributed by atoms with Crippen molar-refractivity contribution >= 4 is 5.78 Å². The molecule has 0 heterocycles. The lowest BCUT2D eigenvalue weighted by Crippen LogP contribution is -2.56. The lowest BCUT2D eigenvalue weighted by molar-refractivity contribution is -0.160. The summed E-state index contributed by atoms with van der Waals surface area (Å²) in [4.78, 5) is 12.0. The van der Waals surface area contributed by atoms with E-state index in [-0.39, 0.29) is 5.60 Å². The van der Waals surface area contributed by atoms with Gasteiger partial charge in [-0.2, -0.15) is 0 Å². The van der Waals surface area contributed by atoms with Gasteiger partial charge >= 0.3 is 0 Å². The van der Waals surface area contributed by atoms with Crippen molar-refractivity contribution in [3.05, 3.63) is 0 Å². The van der Waals surface area contributed by atoms with Gasteiger partial charge < -0.3 is 4.74 Å². The number of ketones is 1. The van der Waals surface area contributed by atoms with Crippen LogP contribution in [0.3, 0.4) is 0 Å². The Hall–Kier alpha value is -0.370. The standard InChI is InChI=1S/C21H34O2/c1-19-10-7-15(22)13-14(19)5-6-16-17(19)8-11-20(2)18(16)9-12-21(20,3)23-4/h14,16-18H,5-13H2,1-4H3/t14-,16+,17-,18+,19-,20-,21-/m0/s1. The predicted molar refractivity (Wildman–Crippen MR) is 92.1 cm³/mol. The Morgan fingerprint density at radius 2 is 1.70 bits per heavy atom. The quantitative estimate of drug-likeness (QED) is 0.680. The number of carbonyl (C=O) groups excluding carboxylic acids is 1. The van der Waals surface area contributed by atoms with Gasteiger partial charge in [-0.3, -0.25) is 4.79 Å². The summed E-state index contributed by atoms with van der Waals surface area (Å²) in [5.41, 5.74) is 0.865. The molecule has 4 saturated carbocycles. The summed E-state index contributed by atoms with van der Waals surface area (Å²) >= 11 is 0. The van der Waals surface area contributed by atoms with E-state index in [4.69, 9.17) is 4.74 Å². The summed E-state index contributed by atoms with van der Waals surface area (Å²) < 4.78 is 6.05. The molecule has 0 aromatic heterocycles. The molecule has 4 aliphatic carbocycles. The van der Waals surface area contributed by atoms with Gasteiger partial charge in [-0.15, -0.1) is 0 Å². The van der Waals surface area contributed by atoms with Gasteiger partial charge in [0.1, 0.15) is 5.78 Å². The van der Waals surface area contributed by atoms with Crippen molar-refractivity contribution in [3.63, 3.8) is 0 Å². The van der Waals surface area contributed by atoms with Crippen molar-refractivity contribution in [2.24, 2.45) is 34.5 Å². The number of carbonyl (C=O) groups is 1. The third-order valence-corrected chi connectivity index (χ3v) is 9.46. The lowest BCUT2D eigenvalue weighted by atomic mass is 9.44. The van der Waals surface area contributed by atoms with Crippen LogP contribution in [0.5, 0.6) is 0 Å². The van der Waals surface area contributed by atoms with Crippen LogP contribution in [0.2, 0.25) is 0 Å². The fourth-order valence-electron chi connectivity index (χ4n) is 7.61. The Balaban J connectivity index is 1.64. The molecule has 2 heteroatoms. The van der Waals surface area contributed by atoms with E-state index in [1.165, 1.54) is 38.5 Å². The van der Waals surface area contributed by atoms with Crippen molar-refractivity contribution in [3.8, 4) is 0 Å². The normalized spacial score (nSPS) is 55.9. The average molecular weight is 319 g/mol. The zero-order valence-corrected chi connectivity index (χ0v) is 15.5. The van der Waals surface area contributed by atoms with Crippen LogP contribution in [-0.4, -0.2) is 18.5 Å². The number of methoxy groups -OCH3 is 1. The smallest absolute Gasteiger partial charge is 0.133 e. The number of hydrogen-bond acceptors (Lipinski definition) is 2. The molecule has 0 aromatic rings. The van der Waals surface area contributed by atoms with Crippen LogP contribution in [0, 0.1) is 34.5 Å². The van der Waals surface area contributed by atoms with E-state index in [2.05, 4.69) is 20.8 Å². The molecular weight excluding hydrogens is 284 g/mol. The molecular formula is C21H34O2. The van der Waals surface area contributed by atoms with Crippen LogP contribution >= 0.6 is 0 Å². The van der Waals surface area contributed by atoms with E-state index in [9.17, 15) is 4.79 Å². The topological polar surface area (TPSA) is 26.3 Å². The van der Waals surface area contributed by atoms with Crippen molar-refractivity contribution in [2.75, 3.05) is 7.11 Å². The summed E-state index contributed by atoms with van der Waals surface area (Å²) in [6.07, 6.45) is 10.8. The Bertz CT molecular complexity index is 514. The van der Waals surface area contributed by atoms with Gasteiger partial charge in [-0.25, -0.2) is 0 Å². The molecule has 130 valence electrons. The maximum absolute atomic E-state index is 12.0. The first-order valence-electron chi connectivity index (χ1n) is 9.91. The summed E-state index contributed by atoms with van der Waals surface area (Å²) in [5, 5.41) is 0. The zero-order chi connectivity index (χ0) is 16.5. The first-order valence-corrected chi connectivity index (χ1v) is 9.91. The van der Waals surface area contributed by atoms with Crippen LogP contribution in [-0.2, 0) is 9.53 Å². The third kappa shape index (κ3) is 2.00. The van der Waals surface area contributed by atoms with Crippen LogP contribution in [0.25, 0.3) is 0 Å². The monoisotopic (exact) mass is 318 g/mol. The molecule has 0 N–H and O–H groups in total. The van der Waals surface area contributed by atoms with Gasteiger partial charge in [-0.05, 0) is 86.4 Å². The molecule has 7 atom stereocenters. The van der Waals surface area contributed by atoms with Gasteiger partial charge in [-0.1, -0.05) is 13.8 Å². The molecule has 4 rings (SSSR count). The SMILES string of the molecule is CO[C@@]1(C)CC[C@@H]2[C@@H]3CC[C@H]4CC(=O)CC[C@]4(C)[C@H]3CC[C@@]21C. The van der Waals surface area contributed by atoms with Crippen molar-refractivity contribution < 1.29 is 9.53 Å². The van der Waals surface area contributed by atoms with Gasteiger partial charge in [0, 0.05) is 20.0 Å². The minimum absolute atomic E-state index is 0.0723. The number of ether oxygens (including phenoxy) is 1. The molecule has 0 amide bonds. The highest BCUT2D eigenvalue weighted by Crippen LogP contribution is 2.68. The Kier molecular flexibility index (Phi) is 3.55. The minimum Gasteiger partial charge on any atom is -0.378 e. The highest BCUT2D eigenvalue weighted by Gasteiger charge is 2.63. The van der Waals surface area contributed by atoms with Crippen LogP contribution < -0.4 is 0 Å². The van der Waals surface area contributed by atoms with Gasteiger partial charge in [0.15, 0.2) is 0 Å². The van der Waals surface area contributed by atoms with Crippen molar-refractivity contribution in [1.29, 1.82) is 0 Å². The Labute approximate surface area is 141 Å². The van der Waals surface area contributed by atoms with Crippen molar-refractivity contribution in [2.45, 2.75) is 84.2 Å². The number of fused-ring (bicyclic) bond motifs is 5. The number of hydrogen-bond donors (Lipinski definition) is 0. The minimum atomic E-state index is 0.0723. The first-order chi connectivity index (χ1) is 10.8. The summed E-state index contributed by atoms with van der Waals surface area (Å²) in [7, 11) is 1.92. The molecule has 23 heavy (non-hydrogen) atoms. The van der Waals surface area contributed by atoms with Crippen LogP contribution in [0.1, 0.15) is 78.6 Å². The fraction of sp³-hybridized carbons (Fsp3) is 0.952. The number of Topliss-reactive ketones (excluding diaryl/α,β-unsaturated/α-hetero) is 1. The average Bonchev–Trinajstić information content (AvgIpc) is 2.80. The highest BCUT2D eigenvalue weighted by atomic mass is 16.5. The van der Waals surface area contributed by atoms with E-state index in [1.54, 1.807) is 0 Å². The van der Waals surface area contributed by atoms with E-state index >= 15 is 0 Å². The maximum Gasteiger partial charge on any atom is 0.133 e. The summed E-state index contributed by atoms with van der Waals surface area (Å²) in [6, 6.07) is 0. The molecule has 0 bridgehead atoms. The predicted octanol–water partition coefficient (Wildman–Crippen LogP) is 5.00. The molecule has 0 spiro atoms. The fourth-order valence-corrected chi connectivity index (χ4v) is 7.61. The molecule has 4 fully saturated rings. The molecule has 0 radical (unpaired) electrons. The molecule has 0 aromatic carbocycles. The van der Waals surface area contributed by atoms with E-state index in [1.807, 2.05) is 7.11 Å². The van der Waals surface area contributed by atoms with E-state index in [0.717, 1.165) is 37.0 Å². The second-order valence-electron chi connectivity index (χ2n) is 9.83. The second kappa shape index (κ2) is 5.07. The van der Waals surface area contributed by atoms with E-state index < -0.39 is 0 Å². The summed E-state index contributed by atoms with van der Waals surface area (Å²) in [6.45, 7) is 7.41. The molecule has 4 aliphatic rings. The van der Waals surface area contributed by atoms with Gasteiger partial charge in [0.05, 0.1) is 5.60 Å². The van der Waals surface area contributed by atoms with Crippen LogP contribution in [0.15, 0.2) is 0 Å². The highest BCUT2D eigenvalue weighted by molar-refractivity contribution is 5.79. The zero-order valence-electron chi connectivity index (χ0n) is 15.5. The molecule has 2 nitrogen and oxygen atoms in total. The van der Waals surface area contributed by atoms with Gasteiger partial charge in [0.25, 0.3) is 0 Å². The Morgan fingerprint density at radius 3 is 2.43 bits per heavy atom. The summed E-state index contributed by atoms with van der Waals surface area (Å²) in [5.74, 6) is 3.76. The molecule has 0 saturated heterocycles. The second-order valence-corrected chi connectivity index (χ2v) is 9.83. The van der Waals surface area contributed by atoms with Crippen LogP contribution in [0.4, 0.5) is 0 Å². The van der Waals surface area contributed by atoms with Crippen molar-refractivity contribution in [1.82, 2.24) is 0 Å². The third-order valence-electron chi connectivity index (χ3n) is 9.46. The Morgan fingerprint density at radius 1 is 0.957 bits per heavy atom. The maximum atomic E-state index is 12.0.